The summed E-state index contributed by atoms with van der Waals surface area (Å²) in [5, 5.41) is 3.33. The lowest BCUT2D eigenvalue weighted by atomic mass is 9.96. The van der Waals surface area contributed by atoms with Crippen molar-refractivity contribution >= 4 is 0 Å². The van der Waals surface area contributed by atoms with Crippen molar-refractivity contribution < 1.29 is 0 Å². The maximum atomic E-state index is 3.33. The molecule has 1 aliphatic rings. The summed E-state index contributed by atoms with van der Waals surface area (Å²) in [5.41, 5.74) is 0. The lowest BCUT2D eigenvalue weighted by Gasteiger charge is -2.20. The van der Waals surface area contributed by atoms with E-state index < -0.39 is 0 Å². The third-order valence-corrected chi connectivity index (χ3v) is 1.86. The molecule has 1 N–H and O–H groups in total. The normalized spacial score (nSPS) is 23.6. The van der Waals surface area contributed by atoms with Crippen LogP contribution in [-0.4, -0.2) is 13.1 Å². The molecule has 1 nitrogen and oxygen atoms in total. The Kier molecular flexibility index (Phi) is 2.34. The minimum atomic E-state index is 0.899. The molecule has 0 aliphatic carbocycles. The number of hydrogen-bond acceptors (Lipinski definition) is 1. The van der Waals surface area contributed by atoms with Crippen molar-refractivity contribution in [3.05, 3.63) is 6.42 Å². The van der Waals surface area contributed by atoms with Crippen molar-refractivity contribution in [2.24, 2.45) is 5.92 Å². The third-order valence-electron chi connectivity index (χ3n) is 1.86. The molecule has 0 amide bonds. The molecule has 0 aromatic carbocycles. The zero-order valence-corrected chi connectivity index (χ0v) is 5.48. The first kappa shape index (κ1) is 6.09. The first-order valence-corrected chi connectivity index (χ1v) is 3.43. The Morgan fingerprint density at radius 3 is 2.38 bits per heavy atom. The third kappa shape index (κ3) is 1.48. The molecule has 8 heavy (non-hydrogen) atoms. The number of rotatable bonds is 1. The predicted molar refractivity (Wildman–Crippen MR) is 35.6 cm³/mol. The van der Waals surface area contributed by atoms with E-state index in [1.807, 2.05) is 0 Å². The maximum Gasteiger partial charge on any atom is -0.00462 e. The van der Waals surface area contributed by atoms with Gasteiger partial charge in [-0.25, -0.2) is 0 Å². The average Bonchev–Trinajstić information content (AvgIpc) is 1.90. The van der Waals surface area contributed by atoms with Crippen molar-refractivity contribution in [3.8, 4) is 0 Å². The molecule has 0 bridgehead atoms. The van der Waals surface area contributed by atoms with E-state index in [1.165, 1.54) is 25.9 Å². The smallest absolute Gasteiger partial charge is 0.00462 e. The summed E-state index contributed by atoms with van der Waals surface area (Å²) >= 11 is 0. The van der Waals surface area contributed by atoms with Crippen LogP contribution in [0.25, 0.3) is 0 Å². The van der Waals surface area contributed by atoms with Crippen LogP contribution in [0.3, 0.4) is 0 Å². The van der Waals surface area contributed by atoms with Gasteiger partial charge in [-0.2, -0.15) is 0 Å². The highest BCUT2D eigenvalue weighted by atomic mass is 14.9. The molecule has 1 aliphatic heterocycles. The summed E-state index contributed by atoms with van der Waals surface area (Å²) in [7, 11) is 0. The molecule has 0 unspecified atom stereocenters. The van der Waals surface area contributed by atoms with Crippen LogP contribution >= 0.6 is 0 Å². The van der Waals surface area contributed by atoms with Crippen molar-refractivity contribution in [2.45, 2.75) is 19.8 Å². The Hall–Kier alpha value is -0.0400. The summed E-state index contributed by atoms with van der Waals surface area (Å²) < 4.78 is 0. The first-order chi connectivity index (χ1) is 3.93. The molecule has 47 valence electrons. The van der Waals surface area contributed by atoms with Gasteiger partial charge >= 0.3 is 0 Å². The number of piperidine rings is 1. The quantitative estimate of drug-likeness (QED) is 0.537. The second-order valence-electron chi connectivity index (χ2n) is 2.42. The monoisotopic (exact) mass is 112 g/mol. The van der Waals surface area contributed by atoms with Gasteiger partial charge in [0.05, 0.1) is 0 Å². The summed E-state index contributed by atoms with van der Waals surface area (Å²) in [4.78, 5) is 0. The lowest BCUT2D eigenvalue weighted by Crippen LogP contribution is -2.27. The second kappa shape index (κ2) is 3.08. The van der Waals surface area contributed by atoms with E-state index in [0.717, 1.165) is 5.92 Å². The standard InChI is InChI=1S/C7H14N/c1-2-7-3-5-8-6-4-7/h2,7-8H,3-6H2,1H3. The fourth-order valence-corrected chi connectivity index (χ4v) is 1.18. The van der Waals surface area contributed by atoms with Crippen molar-refractivity contribution in [2.75, 3.05) is 13.1 Å². The van der Waals surface area contributed by atoms with Crippen LogP contribution in [-0.2, 0) is 0 Å². The van der Waals surface area contributed by atoms with E-state index in [0.29, 0.717) is 0 Å². The zero-order valence-electron chi connectivity index (χ0n) is 5.48. The first-order valence-electron chi connectivity index (χ1n) is 3.43. The van der Waals surface area contributed by atoms with Gasteiger partial charge < -0.3 is 5.32 Å². The Labute approximate surface area is 51.5 Å². The van der Waals surface area contributed by atoms with Crippen LogP contribution in [0.1, 0.15) is 19.8 Å². The Balaban J connectivity index is 2.13. The topological polar surface area (TPSA) is 12.0 Å². The molecular weight excluding hydrogens is 98.1 g/mol. The Bertz CT molecular complexity index is 55.4. The van der Waals surface area contributed by atoms with E-state index in [4.69, 9.17) is 0 Å². The molecular formula is C7H14N. The Morgan fingerprint density at radius 1 is 1.38 bits per heavy atom. The molecule has 1 heteroatoms. The Morgan fingerprint density at radius 2 is 2.00 bits per heavy atom. The van der Waals surface area contributed by atoms with Crippen molar-refractivity contribution in [1.29, 1.82) is 0 Å². The van der Waals surface area contributed by atoms with Gasteiger partial charge in [-0.15, -0.1) is 0 Å². The maximum absolute atomic E-state index is 3.33. The van der Waals surface area contributed by atoms with Crippen LogP contribution in [0.2, 0.25) is 0 Å². The molecule has 0 aromatic heterocycles. The van der Waals surface area contributed by atoms with Gasteiger partial charge in [0.25, 0.3) is 0 Å². The summed E-state index contributed by atoms with van der Waals surface area (Å²) in [6, 6.07) is 0. The van der Waals surface area contributed by atoms with Gasteiger partial charge in [-0.05, 0) is 38.3 Å². The highest BCUT2D eigenvalue weighted by molar-refractivity contribution is 4.76. The number of nitrogens with one attached hydrogen (secondary N) is 1. The van der Waals surface area contributed by atoms with Gasteiger partial charge in [0.1, 0.15) is 0 Å². The summed E-state index contributed by atoms with van der Waals surface area (Å²) in [6.07, 6.45) is 5.01. The van der Waals surface area contributed by atoms with Crippen LogP contribution in [0.4, 0.5) is 0 Å². The van der Waals surface area contributed by atoms with Crippen molar-refractivity contribution in [3.63, 3.8) is 0 Å². The molecule has 1 heterocycles. The van der Waals surface area contributed by atoms with Crippen LogP contribution in [0.5, 0.6) is 0 Å². The van der Waals surface area contributed by atoms with Gasteiger partial charge in [-0.1, -0.05) is 6.92 Å². The van der Waals surface area contributed by atoms with Gasteiger partial charge in [0.15, 0.2) is 0 Å². The molecule has 0 saturated carbocycles. The van der Waals surface area contributed by atoms with E-state index >= 15 is 0 Å². The summed E-state index contributed by atoms with van der Waals surface area (Å²) in [6.45, 7) is 4.60. The summed E-state index contributed by atoms with van der Waals surface area (Å²) in [5.74, 6) is 0.899. The minimum Gasteiger partial charge on any atom is -0.317 e. The molecule has 1 saturated heterocycles. The van der Waals surface area contributed by atoms with Gasteiger partial charge in [-0.3, -0.25) is 0 Å². The zero-order chi connectivity index (χ0) is 5.82. The fraction of sp³-hybridized carbons (Fsp3) is 0.857. The molecule has 1 rings (SSSR count). The van der Waals surface area contributed by atoms with E-state index in [1.54, 1.807) is 0 Å². The molecule has 1 radical (unpaired) electrons. The average molecular weight is 112 g/mol. The van der Waals surface area contributed by atoms with E-state index in [-0.39, 0.29) is 0 Å². The predicted octanol–water partition coefficient (Wildman–Crippen LogP) is 1.21. The number of hydrogen-bond donors (Lipinski definition) is 1. The molecule has 0 atom stereocenters. The van der Waals surface area contributed by atoms with Crippen LogP contribution in [0.15, 0.2) is 0 Å². The second-order valence-corrected chi connectivity index (χ2v) is 2.42. The van der Waals surface area contributed by atoms with Gasteiger partial charge in [0.2, 0.25) is 0 Å². The lowest BCUT2D eigenvalue weighted by molar-refractivity contribution is 0.416. The van der Waals surface area contributed by atoms with Crippen LogP contribution < -0.4 is 5.32 Å². The molecule has 1 fully saturated rings. The highest BCUT2D eigenvalue weighted by Crippen LogP contribution is 2.13. The SMILES string of the molecule is C[CH]C1CCNCC1. The molecule has 0 aromatic rings. The molecule has 0 spiro atoms. The van der Waals surface area contributed by atoms with E-state index in [9.17, 15) is 0 Å². The minimum absolute atomic E-state index is 0.899. The van der Waals surface area contributed by atoms with E-state index in [2.05, 4.69) is 18.7 Å². The largest absolute Gasteiger partial charge is 0.317 e. The van der Waals surface area contributed by atoms with Crippen LogP contribution in [0, 0.1) is 12.3 Å². The van der Waals surface area contributed by atoms with Crippen molar-refractivity contribution in [1.82, 2.24) is 5.32 Å². The fourth-order valence-electron chi connectivity index (χ4n) is 1.18. The van der Waals surface area contributed by atoms with Gasteiger partial charge in [0, 0.05) is 0 Å². The highest BCUT2D eigenvalue weighted by Gasteiger charge is 2.09.